The molecule has 0 amide bonds. The van der Waals surface area contributed by atoms with E-state index >= 15 is 0 Å². The maximum Gasteiger partial charge on any atom is 0.0443 e. The Balaban J connectivity index is 2.12. The zero-order valence-electron chi connectivity index (χ0n) is 11.4. The Labute approximate surface area is 111 Å². The molecule has 0 bridgehead atoms. The highest BCUT2D eigenvalue weighted by molar-refractivity contribution is 7.99. The molecule has 0 aliphatic carbocycles. The van der Waals surface area contributed by atoms with E-state index in [1.165, 1.54) is 44.0 Å². The summed E-state index contributed by atoms with van der Waals surface area (Å²) in [5, 5.41) is 8.84. The Morgan fingerprint density at radius 2 is 2.06 bits per heavy atom. The SMILES string of the molecule is CCSCCN1CCC(N(C)CCCO)CC1. The number of aliphatic hydroxyl groups is 1. The molecule has 3 nitrogen and oxygen atoms in total. The fraction of sp³-hybridized carbons (Fsp3) is 1.00. The van der Waals surface area contributed by atoms with E-state index in [0.29, 0.717) is 6.61 Å². The smallest absolute Gasteiger partial charge is 0.0443 e. The molecule has 0 radical (unpaired) electrons. The van der Waals surface area contributed by atoms with Crippen molar-refractivity contribution in [3.63, 3.8) is 0 Å². The normalized spacial score (nSPS) is 19.1. The first-order valence-electron chi connectivity index (χ1n) is 6.89. The van der Waals surface area contributed by atoms with Crippen molar-refractivity contribution in [1.82, 2.24) is 9.80 Å². The van der Waals surface area contributed by atoms with Crippen molar-refractivity contribution in [3.05, 3.63) is 0 Å². The van der Waals surface area contributed by atoms with Gasteiger partial charge in [-0.05, 0) is 45.2 Å². The fourth-order valence-electron chi connectivity index (χ4n) is 2.42. The van der Waals surface area contributed by atoms with Crippen LogP contribution in [0.4, 0.5) is 0 Å². The summed E-state index contributed by atoms with van der Waals surface area (Å²) >= 11 is 2.04. The molecule has 1 saturated heterocycles. The average Bonchev–Trinajstić information content (AvgIpc) is 2.37. The van der Waals surface area contributed by atoms with Crippen molar-refractivity contribution in [3.8, 4) is 0 Å². The van der Waals surface area contributed by atoms with Gasteiger partial charge in [0.1, 0.15) is 0 Å². The lowest BCUT2D eigenvalue weighted by atomic mass is 10.0. The van der Waals surface area contributed by atoms with E-state index in [9.17, 15) is 0 Å². The van der Waals surface area contributed by atoms with Gasteiger partial charge in [0.2, 0.25) is 0 Å². The Morgan fingerprint density at radius 1 is 1.35 bits per heavy atom. The quantitative estimate of drug-likeness (QED) is 0.670. The first-order chi connectivity index (χ1) is 8.27. The van der Waals surface area contributed by atoms with Crippen molar-refractivity contribution in [2.24, 2.45) is 0 Å². The molecule has 102 valence electrons. The second-order valence-corrected chi connectivity index (χ2v) is 6.22. The third kappa shape index (κ3) is 6.09. The van der Waals surface area contributed by atoms with Gasteiger partial charge in [-0.1, -0.05) is 6.92 Å². The van der Waals surface area contributed by atoms with Gasteiger partial charge in [-0.15, -0.1) is 0 Å². The van der Waals surface area contributed by atoms with Gasteiger partial charge in [-0.3, -0.25) is 0 Å². The minimum atomic E-state index is 0.317. The van der Waals surface area contributed by atoms with Crippen molar-refractivity contribution >= 4 is 11.8 Å². The average molecular weight is 260 g/mol. The van der Waals surface area contributed by atoms with E-state index in [2.05, 4.69) is 23.8 Å². The van der Waals surface area contributed by atoms with Gasteiger partial charge >= 0.3 is 0 Å². The highest BCUT2D eigenvalue weighted by Crippen LogP contribution is 2.16. The van der Waals surface area contributed by atoms with Gasteiger partial charge in [-0.2, -0.15) is 11.8 Å². The summed E-state index contributed by atoms with van der Waals surface area (Å²) < 4.78 is 0. The molecule has 1 aliphatic rings. The summed E-state index contributed by atoms with van der Waals surface area (Å²) in [5.41, 5.74) is 0. The van der Waals surface area contributed by atoms with Gasteiger partial charge in [0.15, 0.2) is 0 Å². The van der Waals surface area contributed by atoms with Crippen LogP contribution in [0.15, 0.2) is 0 Å². The molecule has 0 aromatic rings. The number of nitrogens with zero attached hydrogens (tertiary/aromatic N) is 2. The van der Waals surface area contributed by atoms with Gasteiger partial charge in [0.05, 0.1) is 0 Å². The summed E-state index contributed by atoms with van der Waals surface area (Å²) in [4.78, 5) is 5.02. The Bertz CT molecular complexity index is 184. The number of hydrogen-bond donors (Lipinski definition) is 1. The summed E-state index contributed by atoms with van der Waals surface area (Å²) in [5.74, 6) is 2.52. The summed E-state index contributed by atoms with van der Waals surface area (Å²) in [6.07, 6.45) is 3.49. The molecule has 1 rings (SSSR count). The minimum absolute atomic E-state index is 0.317. The highest BCUT2D eigenvalue weighted by atomic mass is 32.2. The van der Waals surface area contributed by atoms with E-state index in [0.717, 1.165) is 19.0 Å². The maximum atomic E-state index is 8.84. The molecule has 1 aliphatic heterocycles. The summed E-state index contributed by atoms with van der Waals surface area (Å²) in [6, 6.07) is 0.733. The van der Waals surface area contributed by atoms with Crippen LogP contribution in [0.1, 0.15) is 26.2 Å². The highest BCUT2D eigenvalue weighted by Gasteiger charge is 2.21. The zero-order valence-corrected chi connectivity index (χ0v) is 12.2. The molecule has 0 saturated carbocycles. The first-order valence-corrected chi connectivity index (χ1v) is 8.04. The fourth-order valence-corrected chi connectivity index (χ4v) is 3.10. The molecular formula is C13H28N2OS. The molecule has 4 heteroatoms. The molecule has 0 aromatic heterocycles. The standard InChI is InChI=1S/C13H28N2OS/c1-3-17-12-10-15-8-5-13(6-9-15)14(2)7-4-11-16/h13,16H,3-12H2,1-2H3. The Morgan fingerprint density at radius 3 is 2.65 bits per heavy atom. The van der Waals surface area contributed by atoms with Crippen molar-refractivity contribution in [1.29, 1.82) is 0 Å². The van der Waals surface area contributed by atoms with Gasteiger partial charge in [0.25, 0.3) is 0 Å². The zero-order chi connectivity index (χ0) is 12.5. The Kier molecular flexibility index (Phi) is 8.27. The number of aliphatic hydroxyl groups excluding tert-OH is 1. The molecule has 17 heavy (non-hydrogen) atoms. The molecule has 0 unspecified atom stereocenters. The van der Waals surface area contributed by atoms with Crippen molar-refractivity contribution in [2.75, 3.05) is 51.3 Å². The van der Waals surface area contributed by atoms with E-state index in [-0.39, 0.29) is 0 Å². The van der Waals surface area contributed by atoms with Crippen LogP contribution in [-0.4, -0.2) is 72.3 Å². The molecule has 0 atom stereocenters. The van der Waals surface area contributed by atoms with E-state index < -0.39 is 0 Å². The maximum absolute atomic E-state index is 8.84. The topological polar surface area (TPSA) is 26.7 Å². The summed E-state index contributed by atoms with van der Waals surface area (Å²) in [7, 11) is 2.20. The van der Waals surface area contributed by atoms with E-state index in [4.69, 9.17) is 5.11 Å². The van der Waals surface area contributed by atoms with Crippen molar-refractivity contribution in [2.45, 2.75) is 32.2 Å². The molecule has 1 N–H and O–H groups in total. The van der Waals surface area contributed by atoms with Gasteiger partial charge in [-0.25, -0.2) is 0 Å². The minimum Gasteiger partial charge on any atom is -0.396 e. The predicted octanol–water partition coefficient (Wildman–Crippen LogP) is 1.52. The van der Waals surface area contributed by atoms with Crippen LogP contribution < -0.4 is 0 Å². The number of hydrogen-bond acceptors (Lipinski definition) is 4. The second kappa shape index (κ2) is 9.20. The largest absolute Gasteiger partial charge is 0.396 e. The van der Waals surface area contributed by atoms with E-state index in [1.807, 2.05) is 11.8 Å². The number of likely N-dealkylation sites (tertiary alicyclic amines) is 1. The van der Waals surface area contributed by atoms with Crippen LogP contribution in [0, 0.1) is 0 Å². The molecule has 0 spiro atoms. The van der Waals surface area contributed by atoms with Crippen LogP contribution in [0.5, 0.6) is 0 Å². The molecule has 1 fully saturated rings. The molecule has 0 aromatic carbocycles. The third-order valence-electron chi connectivity index (χ3n) is 3.61. The monoisotopic (exact) mass is 260 g/mol. The van der Waals surface area contributed by atoms with Crippen LogP contribution in [0.2, 0.25) is 0 Å². The molecule has 1 heterocycles. The lowest BCUT2D eigenvalue weighted by molar-refractivity contribution is 0.125. The predicted molar refractivity (Wildman–Crippen MR) is 76.8 cm³/mol. The molecular weight excluding hydrogens is 232 g/mol. The van der Waals surface area contributed by atoms with Crippen LogP contribution in [0.25, 0.3) is 0 Å². The van der Waals surface area contributed by atoms with E-state index in [1.54, 1.807) is 0 Å². The number of thioether (sulfide) groups is 1. The van der Waals surface area contributed by atoms with Crippen LogP contribution >= 0.6 is 11.8 Å². The van der Waals surface area contributed by atoms with Gasteiger partial charge in [0, 0.05) is 31.5 Å². The van der Waals surface area contributed by atoms with Crippen LogP contribution in [-0.2, 0) is 0 Å². The number of rotatable bonds is 8. The third-order valence-corrected chi connectivity index (χ3v) is 4.48. The van der Waals surface area contributed by atoms with Gasteiger partial charge < -0.3 is 14.9 Å². The van der Waals surface area contributed by atoms with Crippen molar-refractivity contribution < 1.29 is 5.11 Å². The first kappa shape index (κ1) is 15.3. The second-order valence-electron chi connectivity index (χ2n) is 4.83. The lowest BCUT2D eigenvalue weighted by Gasteiger charge is -2.36. The Hall–Kier alpha value is 0.230. The number of piperidine rings is 1. The van der Waals surface area contributed by atoms with Crippen LogP contribution in [0.3, 0.4) is 0 Å². The summed E-state index contributed by atoms with van der Waals surface area (Å²) in [6.45, 7) is 7.33. The lowest BCUT2D eigenvalue weighted by Crippen LogP contribution is -2.44.